The van der Waals surface area contributed by atoms with E-state index in [4.69, 9.17) is 14.2 Å². The first-order chi connectivity index (χ1) is 11.7. The first-order valence-corrected chi connectivity index (χ1v) is 8.73. The Labute approximate surface area is 144 Å². The van der Waals surface area contributed by atoms with Gasteiger partial charge in [-0.05, 0) is 51.1 Å². The molecule has 0 radical (unpaired) electrons. The zero-order chi connectivity index (χ0) is 17.4. The molecular formula is C19H29NO4. The highest BCUT2D eigenvalue weighted by Crippen LogP contribution is 2.36. The third-order valence-corrected chi connectivity index (χ3v) is 4.56. The number of likely N-dealkylation sites (tertiary alicyclic amines) is 1. The third-order valence-electron chi connectivity index (χ3n) is 4.56. The van der Waals surface area contributed by atoms with E-state index in [1.54, 1.807) is 7.11 Å². The molecule has 0 spiro atoms. The molecule has 0 saturated carbocycles. The fourth-order valence-corrected chi connectivity index (χ4v) is 3.26. The highest BCUT2D eigenvalue weighted by atomic mass is 16.5. The molecule has 134 valence electrons. The summed E-state index contributed by atoms with van der Waals surface area (Å²) in [6, 6.07) is 8.45. The molecule has 0 aliphatic carbocycles. The smallest absolute Gasteiger partial charge is 0.305 e. The van der Waals surface area contributed by atoms with Crippen molar-refractivity contribution in [1.82, 2.24) is 4.90 Å². The van der Waals surface area contributed by atoms with Crippen LogP contribution >= 0.6 is 0 Å². The minimum atomic E-state index is -0.127. The van der Waals surface area contributed by atoms with Gasteiger partial charge in [0.05, 0.1) is 13.7 Å². The van der Waals surface area contributed by atoms with Crippen molar-refractivity contribution in [3.63, 3.8) is 0 Å². The van der Waals surface area contributed by atoms with Crippen molar-refractivity contribution >= 4 is 5.97 Å². The number of nitrogens with zero attached hydrogens (tertiary/aromatic N) is 1. The topological polar surface area (TPSA) is 48.0 Å². The van der Waals surface area contributed by atoms with Gasteiger partial charge in [0, 0.05) is 31.6 Å². The molecule has 2 atom stereocenters. The van der Waals surface area contributed by atoms with Crippen molar-refractivity contribution in [2.75, 3.05) is 40.5 Å². The van der Waals surface area contributed by atoms with E-state index in [2.05, 4.69) is 24.1 Å². The second-order valence-corrected chi connectivity index (χ2v) is 6.23. The Balaban J connectivity index is 1.85. The van der Waals surface area contributed by atoms with Crippen LogP contribution < -0.4 is 4.74 Å². The van der Waals surface area contributed by atoms with Gasteiger partial charge in [-0.25, -0.2) is 0 Å². The maximum atomic E-state index is 11.9. The molecule has 0 aromatic heterocycles. The number of carbonyl (C=O) groups excluding carboxylic acids is 1. The fourth-order valence-electron chi connectivity index (χ4n) is 3.26. The largest absolute Gasteiger partial charge is 0.497 e. The lowest BCUT2D eigenvalue weighted by Gasteiger charge is -2.25. The molecule has 1 aromatic rings. The van der Waals surface area contributed by atoms with Crippen molar-refractivity contribution in [2.24, 2.45) is 5.92 Å². The minimum Gasteiger partial charge on any atom is -0.497 e. The summed E-state index contributed by atoms with van der Waals surface area (Å²) in [5, 5.41) is 0. The van der Waals surface area contributed by atoms with Crippen LogP contribution in [0.25, 0.3) is 0 Å². The van der Waals surface area contributed by atoms with E-state index in [0.717, 1.165) is 25.1 Å². The van der Waals surface area contributed by atoms with Crippen LogP contribution in [0.15, 0.2) is 24.3 Å². The van der Waals surface area contributed by atoms with Crippen LogP contribution in [-0.2, 0) is 14.3 Å². The second-order valence-electron chi connectivity index (χ2n) is 6.23. The van der Waals surface area contributed by atoms with Gasteiger partial charge in [-0.2, -0.15) is 0 Å². The molecule has 1 aliphatic rings. The lowest BCUT2D eigenvalue weighted by molar-refractivity contribution is -0.145. The standard InChI is InChI=1S/C19H29NO4/c1-4-23-13-5-6-18(21)24-14-16-11-12-20(2)19(16)15-7-9-17(22-3)10-8-15/h7-10,16,19H,4-6,11-14H2,1-3H3/t16-,19-/m1/s1. The Morgan fingerprint density at radius 3 is 2.71 bits per heavy atom. The SMILES string of the molecule is CCOCCCC(=O)OC[C@H]1CCN(C)[C@@H]1c1ccc(OC)cc1. The van der Waals surface area contributed by atoms with Gasteiger partial charge < -0.3 is 14.2 Å². The molecule has 5 heteroatoms. The molecular weight excluding hydrogens is 306 g/mol. The van der Waals surface area contributed by atoms with E-state index in [-0.39, 0.29) is 12.0 Å². The number of hydrogen-bond donors (Lipinski definition) is 0. The molecule has 1 aliphatic heterocycles. The van der Waals surface area contributed by atoms with Crippen LogP contribution in [0.4, 0.5) is 0 Å². The number of carbonyl (C=O) groups is 1. The van der Waals surface area contributed by atoms with E-state index in [9.17, 15) is 4.79 Å². The van der Waals surface area contributed by atoms with Gasteiger partial charge in [-0.15, -0.1) is 0 Å². The van der Waals surface area contributed by atoms with E-state index in [1.807, 2.05) is 19.1 Å². The van der Waals surface area contributed by atoms with Gasteiger partial charge >= 0.3 is 5.97 Å². The van der Waals surface area contributed by atoms with Crippen LogP contribution in [0.1, 0.15) is 37.8 Å². The maximum Gasteiger partial charge on any atom is 0.305 e. The summed E-state index contributed by atoms with van der Waals surface area (Å²) in [6.07, 6.45) is 2.19. The van der Waals surface area contributed by atoms with Crippen LogP contribution in [0.5, 0.6) is 5.75 Å². The molecule has 1 fully saturated rings. The number of benzene rings is 1. The normalized spacial score (nSPS) is 21.0. The molecule has 24 heavy (non-hydrogen) atoms. The van der Waals surface area contributed by atoms with Crippen molar-refractivity contribution in [2.45, 2.75) is 32.2 Å². The van der Waals surface area contributed by atoms with Crippen molar-refractivity contribution in [1.29, 1.82) is 0 Å². The van der Waals surface area contributed by atoms with Gasteiger partial charge in [0.25, 0.3) is 0 Å². The Morgan fingerprint density at radius 2 is 2.04 bits per heavy atom. The summed E-state index contributed by atoms with van der Waals surface area (Å²) < 4.78 is 16.0. The summed E-state index contributed by atoms with van der Waals surface area (Å²) in [4.78, 5) is 14.2. The highest BCUT2D eigenvalue weighted by Gasteiger charge is 2.33. The van der Waals surface area contributed by atoms with Crippen LogP contribution in [0, 0.1) is 5.92 Å². The Kier molecular flexibility index (Phi) is 7.53. The Morgan fingerprint density at radius 1 is 1.29 bits per heavy atom. The van der Waals surface area contributed by atoms with E-state index >= 15 is 0 Å². The van der Waals surface area contributed by atoms with E-state index < -0.39 is 0 Å². The van der Waals surface area contributed by atoms with Crippen molar-refractivity contribution in [3.8, 4) is 5.75 Å². The lowest BCUT2D eigenvalue weighted by atomic mass is 9.94. The predicted octanol–water partition coefficient (Wildman–Crippen LogP) is 3.05. The first-order valence-electron chi connectivity index (χ1n) is 8.73. The highest BCUT2D eigenvalue weighted by molar-refractivity contribution is 5.69. The van der Waals surface area contributed by atoms with E-state index in [0.29, 0.717) is 32.2 Å². The van der Waals surface area contributed by atoms with Crippen LogP contribution in [0.3, 0.4) is 0 Å². The summed E-state index contributed by atoms with van der Waals surface area (Å²) in [6.45, 7) is 4.76. The van der Waals surface area contributed by atoms with Crippen LogP contribution in [-0.4, -0.2) is 51.4 Å². The van der Waals surface area contributed by atoms with Crippen molar-refractivity contribution in [3.05, 3.63) is 29.8 Å². The van der Waals surface area contributed by atoms with E-state index in [1.165, 1.54) is 5.56 Å². The minimum absolute atomic E-state index is 0.127. The fraction of sp³-hybridized carbons (Fsp3) is 0.632. The zero-order valence-electron chi connectivity index (χ0n) is 15.0. The Bertz CT molecular complexity index is 503. The molecule has 0 bridgehead atoms. The van der Waals surface area contributed by atoms with Gasteiger partial charge in [-0.1, -0.05) is 12.1 Å². The molecule has 2 rings (SSSR count). The summed E-state index contributed by atoms with van der Waals surface area (Å²) in [7, 11) is 3.79. The number of rotatable bonds is 9. The number of esters is 1. The molecule has 5 nitrogen and oxygen atoms in total. The number of methoxy groups -OCH3 is 1. The molecule has 1 aromatic carbocycles. The molecule has 0 amide bonds. The average Bonchev–Trinajstić information content (AvgIpc) is 2.97. The first kappa shape index (κ1) is 18.7. The number of hydrogen-bond acceptors (Lipinski definition) is 5. The van der Waals surface area contributed by atoms with Gasteiger partial charge in [-0.3, -0.25) is 9.69 Å². The lowest BCUT2D eigenvalue weighted by Crippen LogP contribution is -2.24. The van der Waals surface area contributed by atoms with Crippen molar-refractivity contribution < 1.29 is 19.0 Å². The molecule has 1 heterocycles. The average molecular weight is 335 g/mol. The maximum absolute atomic E-state index is 11.9. The summed E-state index contributed by atoms with van der Waals surface area (Å²) in [5.41, 5.74) is 1.24. The van der Waals surface area contributed by atoms with Gasteiger partial charge in [0.1, 0.15) is 5.75 Å². The number of ether oxygens (including phenoxy) is 3. The molecule has 1 saturated heterocycles. The second kappa shape index (κ2) is 9.64. The molecule has 0 N–H and O–H groups in total. The molecule has 0 unspecified atom stereocenters. The predicted molar refractivity (Wildman–Crippen MR) is 93.2 cm³/mol. The van der Waals surface area contributed by atoms with Gasteiger partial charge in [0.2, 0.25) is 0 Å². The summed E-state index contributed by atoms with van der Waals surface area (Å²) in [5.74, 6) is 1.06. The Hall–Kier alpha value is -1.59. The summed E-state index contributed by atoms with van der Waals surface area (Å²) >= 11 is 0. The quantitative estimate of drug-likeness (QED) is 0.513. The monoisotopic (exact) mass is 335 g/mol. The third kappa shape index (κ3) is 5.21. The van der Waals surface area contributed by atoms with Crippen LogP contribution in [0.2, 0.25) is 0 Å². The zero-order valence-corrected chi connectivity index (χ0v) is 15.0. The van der Waals surface area contributed by atoms with Gasteiger partial charge in [0.15, 0.2) is 0 Å².